The van der Waals surface area contributed by atoms with E-state index in [2.05, 4.69) is 65.6 Å². The number of hydrogen-bond donors (Lipinski definition) is 1. The van der Waals surface area contributed by atoms with Crippen molar-refractivity contribution in [3.8, 4) is 0 Å². The van der Waals surface area contributed by atoms with E-state index in [-0.39, 0.29) is 6.04 Å². The second-order valence-electron chi connectivity index (χ2n) is 5.56. The van der Waals surface area contributed by atoms with Gasteiger partial charge in [0.05, 0.1) is 0 Å². The smallest absolute Gasteiger partial charge is 0.0493 e. The maximum Gasteiger partial charge on any atom is 0.0493 e. The van der Waals surface area contributed by atoms with Gasteiger partial charge in [-0.1, -0.05) is 49.2 Å². The third kappa shape index (κ3) is 2.70. The minimum atomic E-state index is 0.254. The van der Waals surface area contributed by atoms with E-state index in [0.717, 1.165) is 6.42 Å². The maximum atomic E-state index is 6.41. The second-order valence-corrected chi connectivity index (χ2v) is 5.56. The summed E-state index contributed by atoms with van der Waals surface area (Å²) >= 11 is 0. The first-order valence-corrected chi connectivity index (χ1v) is 7.51. The molecule has 2 N–H and O–H groups in total. The molecule has 2 unspecified atom stereocenters. The molecule has 0 bridgehead atoms. The van der Waals surface area contributed by atoms with E-state index in [9.17, 15) is 0 Å². The molecule has 3 rings (SSSR count). The van der Waals surface area contributed by atoms with Crippen LogP contribution in [-0.4, -0.2) is 12.1 Å². The molecule has 2 aromatic carbocycles. The zero-order valence-corrected chi connectivity index (χ0v) is 11.8. The van der Waals surface area contributed by atoms with Gasteiger partial charge in [0, 0.05) is 23.5 Å². The molecular weight excluding hydrogens is 244 g/mol. The molecule has 0 aromatic heterocycles. The van der Waals surface area contributed by atoms with E-state index in [1.54, 1.807) is 0 Å². The number of benzene rings is 2. The number of anilines is 2. The Balaban J connectivity index is 1.99. The number of rotatable bonds is 3. The zero-order chi connectivity index (χ0) is 13.8. The summed E-state index contributed by atoms with van der Waals surface area (Å²) in [5.74, 6) is 0. The Morgan fingerprint density at radius 3 is 1.75 bits per heavy atom. The minimum absolute atomic E-state index is 0.254. The van der Waals surface area contributed by atoms with Gasteiger partial charge in [-0.2, -0.15) is 0 Å². The Kier molecular flexibility index (Phi) is 4.03. The van der Waals surface area contributed by atoms with E-state index in [1.165, 1.54) is 30.6 Å². The third-order valence-electron chi connectivity index (χ3n) is 4.18. The van der Waals surface area contributed by atoms with Crippen molar-refractivity contribution >= 4 is 11.4 Å². The predicted molar refractivity (Wildman–Crippen MR) is 85.3 cm³/mol. The topological polar surface area (TPSA) is 29.3 Å². The Labute approximate surface area is 121 Å². The highest BCUT2D eigenvalue weighted by Crippen LogP contribution is 2.33. The quantitative estimate of drug-likeness (QED) is 0.906. The van der Waals surface area contributed by atoms with Crippen molar-refractivity contribution < 1.29 is 0 Å². The fourth-order valence-corrected chi connectivity index (χ4v) is 3.17. The minimum Gasteiger partial charge on any atom is -0.337 e. The van der Waals surface area contributed by atoms with E-state index in [1.807, 2.05) is 0 Å². The summed E-state index contributed by atoms with van der Waals surface area (Å²) in [4.78, 5) is 2.42. The van der Waals surface area contributed by atoms with Crippen LogP contribution in [0, 0.1) is 0 Å². The molecule has 2 nitrogen and oxygen atoms in total. The molecule has 0 spiro atoms. The number of para-hydroxylation sites is 2. The van der Waals surface area contributed by atoms with Gasteiger partial charge < -0.3 is 10.6 Å². The van der Waals surface area contributed by atoms with Crippen molar-refractivity contribution in [2.45, 2.75) is 37.8 Å². The van der Waals surface area contributed by atoms with Crippen LogP contribution in [0.3, 0.4) is 0 Å². The molecule has 20 heavy (non-hydrogen) atoms. The Bertz CT molecular complexity index is 484. The fourth-order valence-electron chi connectivity index (χ4n) is 3.17. The van der Waals surface area contributed by atoms with Crippen LogP contribution in [0.2, 0.25) is 0 Å². The lowest BCUT2D eigenvalue weighted by Crippen LogP contribution is -2.47. The standard InChI is InChI=1S/C18H22N2/c19-17-13-7-8-14-18(17)20(15-9-3-1-4-10-15)16-11-5-2-6-12-16/h1-6,9-12,17-18H,7-8,13-14,19H2. The van der Waals surface area contributed by atoms with Crippen molar-refractivity contribution in [1.82, 2.24) is 0 Å². The molecule has 0 radical (unpaired) electrons. The van der Waals surface area contributed by atoms with Crippen molar-refractivity contribution in [3.63, 3.8) is 0 Å². The van der Waals surface area contributed by atoms with Gasteiger partial charge in [-0.15, -0.1) is 0 Å². The van der Waals surface area contributed by atoms with Gasteiger partial charge in [-0.3, -0.25) is 0 Å². The largest absolute Gasteiger partial charge is 0.337 e. The van der Waals surface area contributed by atoms with Crippen LogP contribution in [0.5, 0.6) is 0 Å². The van der Waals surface area contributed by atoms with Crippen LogP contribution in [0.15, 0.2) is 60.7 Å². The van der Waals surface area contributed by atoms with Crippen LogP contribution in [0.1, 0.15) is 25.7 Å². The van der Waals surface area contributed by atoms with Crippen LogP contribution in [0.4, 0.5) is 11.4 Å². The molecule has 0 heterocycles. The molecule has 0 aliphatic heterocycles. The Hall–Kier alpha value is -1.80. The summed E-state index contributed by atoms with van der Waals surface area (Å²) in [6.07, 6.45) is 4.83. The molecule has 2 aromatic rings. The van der Waals surface area contributed by atoms with Crippen molar-refractivity contribution in [1.29, 1.82) is 0 Å². The zero-order valence-electron chi connectivity index (χ0n) is 11.8. The lowest BCUT2D eigenvalue weighted by atomic mass is 9.89. The van der Waals surface area contributed by atoms with Crippen molar-refractivity contribution in [3.05, 3.63) is 60.7 Å². The van der Waals surface area contributed by atoms with Gasteiger partial charge in [-0.05, 0) is 37.1 Å². The molecular formula is C18H22N2. The van der Waals surface area contributed by atoms with Crippen molar-refractivity contribution in [2.24, 2.45) is 5.73 Å². The normalized spacial score (nSPS) is 22.4. The third-order valence-corrected chi connectivity index (χ3v) is 4.18. The molecule has 1 aliphatic carbocycles. The van der Waals surface area contributed by atoms with Crippen molar-refractivity contribution in [2.75, 3.05) is 4.90 Å². The van der Waals surface area contributed by atoms with E-state index in [0.29, 0.717) is 6.04 Å². The van der Waals surface area contributed by atoms with Gasteiger partial charge in [-0.25, -0.2) is 0 Å². The molecule has 1 aliphatic rings. The van der Waals surface area contributed by atoms with E-state index >= 15 is 0 Å². The number of hydrogen-bond acceptors (Lipinski definition) is 2. The first kappa shape index (κ1) is 13.2. The van der Waals surface area contributed by atoms with Crippen LogP contribution >= 0.6 is 0 Å². The average Bonchev–Trinajstić information content (AvgIpc) is 2.52. The molecule has 1 fully saturated rings. The monoisotopic (exact) mass is 266 g/mol. The molecule has 0 saturated heterocycles. The van der Waals surface area contributed by atoms with E-state index in [4.69, 9.17) is 5.73 Å². The highest BCUT2D eigenvalue weighted by atomic mass is 15.2. The average molecular weight is 266 g/mol. The van der Waals surface area contributed by atoms with Crippen LogP contribution < -0.4 is 10.6 Å². The van der Waals surface area contributed by atoms with Gasteiger partial charge in [0.2, 0.25) is 0 Å². The second kappa shape index (κ2) is 6.10. The van der Waals surface area contributed by atoms with E-state index < -0.39 is 0 Å². The highest BCUT2D eigenvalue weighted by molar-refractivity contribution is 5.64. The lowest BCUT2D eigenvalue weighted by molar-refractivity contribution is 0.381. The summed E-state index contributed by atoms with van der Waals surface area (Å²) in [5.41, 5.74) is 8.89. The summed E-state index contributed by atoms with van der Waals surface area (Å²) in [6.45, 7) is 0. The van der Waals surface area contributed by atoms with Gasteiger partial charge in [0.1, 0.15) is 0 Å². The van der Waals surface area contributed by atoms with Crippen LogP contribution in [-0.2, 0) is 0 Å². The Morgan fingerprint density at radius 2 is 1.25 bits per heavy atom. The number of nitrogens with two attached hydrogens (primary N) is 1. The maximum absolute atomic E-state index is 6.41. The summed E-state index contributed by atoms with van der Waals surface area (Å²) in [5, 5.41) is 0. The lowest BCUT2D eigenvalue weighted by Gasteiger charge is -2.40. The fraction of sp³-hybridized carbons (Fsp3) is 0.333. The van der Waals surface area contributed by atoms with Crippen LogP contribution in [0.25, 0.3) is 0 Å². The molecule has 2 atom stereocenters. The Morgan fingerprint density at radius 1 is 0.750 bits per heavy atom. The van der Waals surface area contributed by atoms with Gasteiger partial charge in [0.15, 0.2) is 0 Å². The highest BCUT2D eigenvalue weighted by Gasteiger charge is 2.28. The first-order valence-electron chi connectivity index (χ1n) is 7.51. The summed E-state index contributed by atoms with van der Waals surface area (Å²) in [7, 11) is 0. The van der Waals surface area contributed by atoms with Gasteiger partial charge >= 0.3 is 0 Å². The molecule has 2 heteroatoms. The SMILES string of the molecule is NC1CCCCC1N(c1ccccc1)c1ccccc1. The number of nitrogens with zero attached hydrogens (tertiary/aromatic N) is 1. The summed E-state index contributed by atoms with van der Waals surface area (Å²) < 4.78 is 0. The molecule has 0 amide bonds. The first-order chi connectivity index (χ1) is 9.86. The molecule has 104 valence electrons. The molecule has 1 saturated carbocycles. The van der Waals surface area contributed by atoms with Gasteiger partial charge in [0.25, 0.3) is 0 Å². The predicted octanol–water partition coefficient (Wildman–Crippen LogP) is 4.09. The summed E-state index contributed by atoms with van der Waals surface area (Å²) in [6, 6.07) is 21.9.